The van der Waals surface area contributed by atoms with Crippen LogP contribution >= 0.6 is 11.6 Å². The molecule has 2 aromatic carbocycles. The van der Waals surface area contributed by atoms with Crippen LogP contribution in [0.2, 0.25) is 5.02 Å². The van der Waals surface area contributed by atoms with Crippen LogP contribution in [0.15, 0.2) is 40.8 Å². The van der Waals surface area contributed by atoms with E-state index >= 15 is 0 Å². The molecule has 0 aliphatic rings. The summed E-state index contributed by atoms with van der Waals surface area (Å²) in [6, 6.07) is 13.0. The summed E-state index contributed by atoms with van der Waals surface area (Å²) in [6.07, 6.45) is 3.44. The van der Waals surface area contributed by atoms with Crippen molar-refractivity contribution in [1.82, 2.24) is 4.98 Å². The third kappa shape index (κ3) is 4.85. The molecule has 0 saturated carbocycles. The summed E-state index contributed by atoms with van der Waals surface area (Å²) in [5.74, 6) is 2.17. The van der Waals surface area contributed by atoms with E-state index in [0.717, 1.165) is 11.1 Å². The van der Waals surface area contributed by atoms with Crippen molar-refractivity contribution in [3.63, 3.8) is 0 Å². The Balaban J connectivity index is 1.79. The van der Waals surface area contributed by atoms with Gasteiger partial charge in [-0.1, -0.05) is 23.7 Å². The molecule has 8 heteroatoms. The van der Waals surface area contributed by atoms with Crippen LogP contribution in [0.5, 0.6) is 17.2 Å². The number of aromatic nitrogens is 1. The normalized spacial score (nSPS) is 10.6. The van der Waals surface area contributed by atoms with Gasteiger partial charge in [0.05, 0.1) is 21.3 Å². The molecular formula is C22H20ClN3O4. The van der Waals surface area contributed by atoms with Crippen LogP contribution in [0, 0.1) is 11.3 Å². The molecule has 0 unspecified atom stereocenters. The second-order valence-corrected chi connectivity index (χ2v) is 6.55. The molecule has 1 aromatic heterocycles. The van der Waals surface area contributed by atoms with Gasteiger partial charge in [0.1, 0.15) is 6.07 Å². The highest BCUT2D eigenvalue weighted by Crippen LogP contribution is 2.38. The number of nitrogens with zero attached hydrogens (tertiary/aromatic N) is 2. The van der Waals surface area contributed by atoms with Crippen molar-refractivity contribution in [2.24, 2.45) is 0 Å². The number of methoxy groups -OCH3 is 3. The Morgan fingerprint density at radius 3 is 2.30 bits per heavy atom. The van der Waals surface area contributed by atoms with Gasteiger partial charge in [-0.2, -0.15) is 10.2 Å². The first-order chi connectivity index (χ1) is 14.6. The van der Waals surface area contributed by atoms with E-state index in [4.69, 9.17) is 30.2 Å². The standard InChI is InChI=1S/C22H20ClN3O4/c1-27-18-10-15(11-19(28-2)21(18)29-3)6-9-20-26-17(12-24)22(30-20)25-13-14-4-7-16(23)8-5-14/h4-11,25H,13H2,1-3H3. The largest absolute Gasteiger partial charge is 0.493 e. The Hall–Kier alpha value is -3.63. The molecule has 7 nitrogen and oxygen atoms in total. The number of ether oxygens (including phenoxy) is 3. The first-order valence-corrected chi connectivity index (χ1v) is 9.33. The van der Waals surface area contributed by atoms with Gasteiger partial charge in [0.25, 0.3) is 0 Å². The number of nitriles is 1. The molecule has 0 radical (unpaired) electrons. The molecular weight excluding hydrogens is 406 g/mol. The second-order valence-electron chi connectivity index (χ2n) is 6.11. The van der Waals surface area contributed by atoms with Crippen LogP contribution in [-0.2, 0) is 6.54 Å². The Morgan fingerprint density at radius 2 is 1.73 bits per heavy atom. The number of rotatable bonds is 8. The molecule has 3 aromatic rings. The van der Waals surface area contributed by atoms with Crippen molar-refractivity contribution >= 4 is 29.6 Å². The van der Waals surface area contributed by atoms with E-state index in [-0.39, 0.29) is 5.69 Å². The van der Waals surface area contributed by atoms with E-state index in [1.807, 2.05) is 18.2 Å². The van der Waals surface area contributed by atoms with Gasteiger partial charge in [0.15, 0.2) is 11.5 Å². The number of oxazole rings is 1. The number of halogens is 1. The van der Waals surface area contributed by atoms with Crippen LogP contribution < -0.4 is 19.5 Å². The summed E-state index contributed by atoms with van der Waals surface area (Å²) in [5, 5.41) is 13.1. The SMILES string of the molecule is COc1cc(C=Cc2nc(C#N)c(NCc3ccc(Cl)cc3)o2)cc(OC)c1OC. The topological polar surface area (TPSA) is 89.5 Å². The van der Waals surface area contributed by atoms with Crippen molar-refractivity contribution in [2.75, 3.05) is 26.6 Å². The van der Waals surface area contributed by atoms with Crippen molar-refractivity contribution in [3.8, 4) is 23.3 Å². The molecule has 0 atom stereocenters. The number of hydrogen-bond acceptors (Lipinski definition) is 7. The van der Waals surface area contributed by atoms with Gasteiger partial charge >= 0.3 is 0 Å². The maximum absolute atomic E-state index is 9.34. The predicted molar refractivity (Wildman–Crippen MR) is 115 cm³/mol. The minimum absolute atomic E-state index is 0.175. The number of benzene rings is 2. The third-order valence-corrected chi connectivity index (χ3v) is 4.47. The zero-order valence-electron chi connectivity index (χ0n) is 16.7. The second kappa shape index (κ2) is 9.72. The summed E-state index contributed by atoms with van der Waals surface area (Å²) in [4.78, 5) is 4.20. The smallest absolute Gasteiger partial charge is 0.232 e. The maximum atomic E-state index is 9.34. The predicted octanol–water partition coefficient (Wildman–Crippen LogP) is 5.01. The first kappa shape index (κ1) is 21.1. The monoisotopic (exact) mass is 425 g/mol. The maximum Gasteiger partial charge on any atom is 0.232 e. The lowest BCUT2D eigenvalue weighted by atomic mass is 10.1. The fourth-order valence-electron chi connectivity index (χ4n) is 2.75. The Labute approximate surface area is 179 Å². The van der Waals surface area contributed by atoms with Crippen LogP contribution in [-0.4, -0.2) is 26.3 Å². The zero-order valence-corrected chi connectivity index (χ0v) is 17.5. The average molecular weight is 426 g/mol. The summed E-state index contributed by atoms with van der Waals surface area (Å²) in [5.41, 5.74) is 1.96. The molecule has 0 bridgehead atoms. The Bertz CT molecular complexity index is 1060. The van der Waals surface area contributed by atoms with E-state index in [1.54, 1.807) is 57.7 Å². The zero-order chi connectivity index (χ0) is 21.5. The van der Waals surface area contributed by atoms with Crippen LogP contribution in [0.1, 0.15) is 22.7 Å². The first-order valence-electron chi connectivity index (χ1n) is 8.95. The van der Waals surface area contributed by atoms with Gasteiger partial charge in [-0.05, 0) is 41.5 Å². The van der Waals surface area contributed by atoms with Crippen molar-refractivity contribution < 1.29 is 18.6 Å². The number of nitrogens with one attached hydrogen (secondary N) is 1. The van der Waals surface area contributed by atoms with Gasteiger partial charge in [0, 0.05) is 17.6 Å². The number of anilines is 1. The summed E-state index contributed by atoms with van der Waals surface area (Å²) >= 11 is 5.90. The lowest BCUT2D eigenvalue weighted by Crippen LogP contribution is -1.99. The fraction of sp³-hybridized carbons (Fsp3) is 0.182. The third-order valence-electron chi connectivity index (χ3n) is 4.22. The Kier molecular flexibility index (Phi) is 6.83. The molecule has 1 N–H and O–H groups in total. The molecule has 1 heterocycles. The van der Waals surface area contributed by atoms with Gasteiger partial charge in [-0.3, -0.25) is 0 Å². The Morgan fingerprint density at radius 1 is 1.07 bits per heavy atom. The van der Waals surface area contributed by atoms with Crippen LogP contribution in [0.3, 0.4) is 0 Å². The highest BCUT2D eigenvalue weighted by Gasteiger charge is 2.13. The molecule has 0 aliphatic heterocycles. The van der Waals surface area contributed by atoms with E-state index in [0.29, 0.717) is 40.6 Å². The van der Waals surface area contributed by atoms with Crippen molar-refractivity contribution in [3.05, 3.63) is 64.1 Å². The van der Waals surface area contributed by atoms with Gasteiger partial charge in [-0.15, -0.1) is 0 Å². The average Bonchev–Trinajstić information content (AvgIpc) is 3.18. The van der Waals surface area contributed by atoms with Crippen molar-refractivity contribution in [2.45, 2.75) is 6.54 Å². The molecule has 0 amide bonds. The molecule has 0 spiro atoms. The van der Waals surface area contributed by atoms with Gasteiger partial charge in [-0.25, -0.2) is 0 Å². The minimum atomic E-state index is 0.175. The molecule has 3 rings (SSSR count). The van der Waals surface area contributed by atoms with E-state index in [1.165, 1.54) is 0 Å². The van der Waals surface area contributed by atoms with Crippen LogP contribution in [0.4, 0.5) is 5.88 Å². The summed E-state index contributed by atoms with van der Waals surface area (Å²) in [7, 11) is 4.65. The van der Waals surface area contributed by atoms with E-state index in [2.05, 4.69) is 10.3 Å². The van der Waals surface area contributed by atoms with Crippen molar-refractivity contribution in [1.29, 1.82) is 5.26 Å². The fourth-order valence-corrected chi connectivity index (χ4v) is 2.88. The molecule has 0 saturated heterocycles. The van der Waals surface area contributed by atoms with Gasteiger partial charge < -0.3 is 23.9 Å². The molecule has 0 aliphatic carbocycles. The number of hydrogen-bond donors (Lipinski definition) is 1. The van der Waals surface area contributed by atoms with E-state index in [9.17, 15) is 5.26 Å². The molecule has 0 fully saturated rings. The van der Waals surface area contributed by atoms with Gasteiger partial charge in [0.2, 0.25) is 23.2 Å². The lowest BCUT2D eigenvalue weighted by Gasteiger charge is -2.12. The van der Waals surface area contributed by atoms with Crippen LogP contribution in [0.25, 0.3) is 12.2 Å². The minimum Gasteiger partial charge on any atom is -0.493 e. The highest BCUT2D eigenvalue weighted by atomic mass is 35.5. The highest BCUT2D eigenvalue weighted by molar-refractivity contribution is 6.30. The summed E-state index contributed by atoms with van der Waals surface area (Å²) < 4.78 is 21.7. The molecule has 154 valence electrons. The quantitative estimate of drug-likeness (QED) is 0.542. The van der Waals surface area contributed by atoms with E-state index < -0.39 is 0 Å². The lowest BCUT2D eigenvalue weighted by molar-refractivity contribution is 0.324. The molecule has 30 heavy (non-hydrogen) atoms. The summed E-state index contributed by atoms with van der Waals surface area (Å²) in [6.45, 7) is 0.469.